The third-order valence-corrected chi connectivity index (χ3v) is 16.2. The molecule has 0 fully saturated rings. The summed E-state index contributed by atoms with van der Waals surface area (Å²) in [7, 11) is 0. The standard InChI is InChI=1S/C70H135NO5/c1-3-5-7-9-11-13-15-17-19-21-22-23-24-25-27-31-34-38-42-46-50-54-58-62-68(73)67(66-72)71-69(74)63-59-55-51-47-43-39-35-32-28-26-29-33-37-41-45-49-53-57-61-65-76-70(75)64-60-56-52-48-44-40-36-30-20-18-16-14-12-10-8-6-4-2/h26,28,58,62,67-68,72-73H,3-25,27,29-57,59-61,63-66H2,1-2H3,(H,71,74)/b28-26-,62-58+. The minimum atomic E-state index is -0.852. The minimum absolute atomic E-state index is 0.00806. The van der Waals surface area contributed by atoms with Crippen molar-refractivity contribution in [1.82, 2.24) is 5.32 Å². The first-order valence-electron chi connectivity index (χ1n) is 34.6. The van der Waals surface area contributed by atoms with Crippen LogP contribution in [0.4, 0.5) is 0 Å². The molecule has 3 N–H and O–H groups in total. The van der Waals surface area contributed by atoms with Crippen LogP contribution < -0.4 is 5.32 Å². The summed E-state index contributed by atoms with van der Waals surface area (Å²) in [6.07, 6.45) is 82.4. The summed E-state index contributed by atoms with van der Waals surface area (Å²) in [5.74, 6) is -0.0654. The van der Waals surface area contributed by atoms with Gasteiger partial charge in [0.1, 0.15) is 0 Å². The van der Waals surface area contributed by atoms with Crippen molar-refractivity contribution in [2.75, 3.05) is 13.2 Å². The molecule has 0 aliphatic heterocycles. The quantitative estimate of drug-likeness (QED) is 0.0320. The summed E-state index contributed by atoms with van der Waals surface area (Å²) in [6.45, 7) is 4.93. The Bertz CT molecular complexity index is 1190. The number of esters is 1. The Morgan fingerprint density at radius 1 is 0.355 bits per heavy atom. The van der Waals surface area contributed by atoms with Gasteiger partial charge >= 0.3 is 5.97 Å². The van der Waals surface area contributed by atoms with Gasteiger partial charge in [0.25, 0.3) is 0 Å². The molecule has 0 aromatic rings. The molecule has 0 bridgehead atoms. The first kappa shape index (κ1) is 74.3. The number of nitrogens with one attached hydrogen (secondary N) is 1. The van der Waals surface area contributed by atoms with Crippen molar-refractivity contribution in [3.63, 3.8) is 0 Å². The molecule has 0 aromatic heterocycles. The van der Waals surface area contributed by atoms with E-state index in [4.69, 9.17) is 4.74 Å². The van der Waals surface area contributed by atoms with Crippen LogP contribution in [0.2, 0.25) is 0 Å². The van der Waals surface area contributed by atoms with Crippen LogP contribution in [0.5, 0.6) is 0 Å². The molecule has 0 aliphatic carbocycles. The van der Waals surface area contributed by atoms with E-state index in [0.29, 0.717) is 19.4 Å². The van der Waals surface area contributed by atoms with Crippen molar-refractivity contribution >= 4 is 11.9 Å². The smallest absolute Gasteiger partial charge is 0.305 e. The minimum Gasteiger partial charge on any atom is -0.466 e. The van der Waals surface area contributed by atoms with Gasteiger partial charge in [0, 0.05) is 12.8 Å². The SMILES string of the molecule is CCCCCCCCCCCCCCCCCCCCCCC/C=C/C(O)C(CO)NC(=O)CCCCCCCCC/C=C\CCCCCCCCCCOC(=O)CCCCCCCCCCCCCCCCCCC. The number of hydrogen-bond donors (Lipinski definition) is 3. The maximum absolute atomic E-state index is 12.5. The summed E-state index contributed by atoms with van der Waals surface area (Å²) in [5, 5.41) is 23.2. The second kappa shape index (κ2) is 65.9. The first-order valence-corrected chi connectivity index (χ1v) is 34.6. The fraction of sp³-hybridized carbons (Fsp3) is 0.914. The second-order valence-corrected chi connectivity index (χ2v) is 23.9. The Morgan fingerprint density at radius 2 is 0.618 bits per heavy atom. The van der Waals surface area contributed by atoms with Gasteiger partial charge in [-0.05, 0) is 57.8 Å². The first-order chi connectivity index (χ1) is 37.5. The lowest BCUT2D eigenvalue weighted by Gasteiger charge is -2.20. The van der Waals surface area contributed by atoms with Gasteiger partial charge in [-0.15, -0.1) is 0 Å². The summed E-state index contributed by atoms with van der Waals surface area (Å²) in [5.41, 5.74) is 0. The van der Waals surface area contributed by atoms with E-state index in [-0.39, 0.29) is 18.5 Å². The van der Waals surface area contributed by atoms with E-state index >= 15 is 0 Å². The Labute approximate surface area is 475 Å². The van der Waals surface area contributed by atoms with Crippen molar-refractivity contribution in [1.29, 1.82) is 0 Å². The molecule has 2 atom stereocenters. The van der Waals surface area contributed by atoms with Crippen LogP contribution in [-0.4, -0.2) is 47.4 Å². The van der Waals surface area contributed by atoms with Crippen molar-refractivity contribution in [3.05, 3.63) is 24.3 Å². The molecule has 450 valence electrons. The molecule has 0 heterocycles. The fourth-order valence-corrected chi connectivity index (χ4v) is 10.9. The number of carbonyl (C=O) groups excluding carboxylic acids is 2. The Kier molecular flexibility index (Phi) is 64.4. The molecule has 76 heavy (non-hydrogen) atoms. The molecule has 0 saturated carbocycles. The Hall–Kier alpha value is -1.66. The number of rotatable bonds is 65. The van der Waals surface area contributed by atoms with E-state index in [0.717, 1.165) is 44.9 Å². The lowest BCUT2D eigenvalue weighted by molar-refractivity contribution is -0.143. The fourth-order valence-electron chi connectivity index (χ4n) is 10.9. The highest BCUT2D eigenvalue weighted by Crippen LogP contribution is 2.18. The predicted octanol–water partition coefficient (Wildman–Crippen LogP) is 22.1. The van der Waals surface area contributed by atoms with Crippen molar-refractivity contribution in [3.8, 4) is 0 Å². The maximum Gasteiger partial charge on any atom is 0.305 e. The molecule has 6 heteroatoms. The van der Waals surface area contributed by atoms with E-state index in [1.807, 2.05) is 6.08 Å². The number of allylic oxidation sites excluding steroid dienone is 3. The molecule has 6 nitrogen and oxygen atoms in total. The van der Waals surface area contributed by atoms with Gasteiger partial charge < -0.3 is 20.3 Å². The van der Waals surface area contributed by atoms with Crippen LogP contribution in [0.3, 0.4) is 0 Å². The highest BCUT2D eigenvalue weighted by molar-refractivity contribution is 5.76. The van der Waals surface area contributed by atoms with Gasteiger partial charge in [-0.3, -0.25) is 9.59 Å². The molecule has 0 spiro atoms. The van der Waals surface area contributed by atoms with Crippen LogP contribution in [0.1, 0.15) is 386 Å². The zero-order chi connectivity index (χ0) is 55.0. The van der Waals surface area contributed by atoms with E-state index < -0.39 is 12.1 Å². The highest BCUT2D eigenvalue weighted by atomic mass is 16.5. The molecule has 0 rings (SSSR count). The number of aliphatic hydroxyl groups excluding tert-OH is 2. The van der Waals surface area contributed by atoms with Crippen LogP contribution in [-0.2, 0) is 14.3 Å². The van der Waals surface area contributed by atoms with Crippen molar-refractivity contribution < 1.29 is 24.5 Å². The summed E-state index contributed by atoms with van der Waals surface area (Å²) < 4.78 is 5.50. The lowest BCUT2D eigenvalue weighted by atomic mass is 10.0. The Balaban J connectivity index is 3.45. The van der Waals surface area contributed by atoms with Crippen molar-refractivity contribution in [2.24, 2.45) is 0 Å². The van der Waals surface area contributed by atoms with E-state index in [1.54, 1.807) is 6.08 Å². The monoisotopic (exact) mass is 1070 g/mol. The number of unbranched alkanes of at least 4 members (excludes halogenated alkanes) is 52. The molecule has 1 amide bonds. The van der Waals surface area contributed by atoms with Crippen LogP contribution >= 0.6 is 0 Å². The summed E-state index contributed by atoms with van der Waals surface area (Å²) in [6, 6.07) is -0.636. The highest BCUT2D eigenvalue weighted by Gasteiger charge is 2.18. The average molecular weight is 1070 g/mol. The summed E-state index contributed by atoms with van der Waals surface area (Å²) in [4.78, 5) is 24.6. The third-order valence-electron chi connectivity index (χ3n) is 16.2. The Morgan fingerprint density at radius 3 is 0.934 bits per heavy atom. The predicted molar refractivity (Wildman–Crippen MR) is 333 cm³/mol. The molecule has 0 radical (unpaired) electrons. The largest absolute Gasteiger partial charge is 0.466 e. The van der Waals surface area contributed by atoms with E-state index in [1.165, 1.54) is 315 Å². The van der Waals surface area contributed by atoms with Crippen LogP contribution in [0, 0.1) is 0 Å². The summed E-state index contributed by atoms with van der Waals surface area (Å²) >= 11 is 0. The number of ether oxygens (including phenoxy) is 1. The van der Waals surface area contributed by atoms with E-state index in [9.17, 15) is 19.8 Å². The van der Waals surface area contributed by atoms with Gasteiger partial charge in [-0.2, -0.15) is 0 Å². The van der Waals surface area contributed by atoms with Gasteiger partial charge in [-0.1, -0.05) is 340 Å². The van der Waals surface area contributed by atoms with Gasteiger partial charge in [0.2, 0.25) is 5.91 Å². The zero-order valence-electron chi connectivity index (χ0n) is 51.5. The molecular weight excluding hydrogens is 935 g/mol. The number of aliphatic hydroxyl groups is 2. The molecular formula is C70H135NO5. The number of carbonyl (C=O) groups is 2. The second-order valence-electron chi connectivity index (χ2n) is 23.9. The van der Waals surface area contributed by atoms with E-state index in [2.05, 4.69) is 31.3 Å². The topological polar surface area (TPSA) is 95.9 Å². The van der Waals surface area contributed by atoms with Gasteiger partial charge in [0.05, 0.1) is 25.4 Å². The molecule has 0 saturated heterocycles. The normalized spacial score (nSPS) is 12.6. The number of hydrogen-bond acceptors (Lipinski definition) is 5. The third kappa shape index (κ3) is 61.6. The van der Waals surface area contributed by atoms with Crippen LogP contribution in [0.25, 0.3) is 0 Å². The number of amides is 1. The van der Waals surface area contributed by atoms with Gasteiger partial charge in [0.15, 0.2) is 0 Å². The van der Waals surface area contributed by atoms with Crippen molar-refractivity contribution in [2.45, 2.75) is 398 Å². The average Bonchev–Trinajstić information content (AvgIpc) is 3.42. The molecule has 0 aliphatic rings. The maximum atomic E-state index is 12.5. The molecule has 2 unspecified atom stereocenters. The van der Waals surface area contributed by atoms with Gasteiger partial charge in [-0.25, -0.2) is 0 Å². The zero-order valence-corrected chi connectivity index (χ0v) is 51.5. The van der Waals surface area contributed by atoms with Crippen LogP contribution in [0.15, 0.2) is 24.3 Å². The molecule has 0 aromatic carbocycles. The lowest BCUT2D eigenvalue weighted by Crippen LogP contribution is -2.45.